The zero-order chi connectivity index (χ0) is 22.8. The van der Waals surface area contributed by atoms with E-state index in [1.54, 1.807) is 24.6 Å². The number of nitrogens with two attached hydrogens (primary N) is 1. The third kappa shape index (κ3) is 19.3. The first-order valence-corrected chi connectivity index (χ1v) is 15.9. The molecule has 0 aromatic heterocycles. The normalized spacial score (nSPS) is 12.2. The monoisotopic (exact) mass is 453 g/mol. The molecule has 0 spiro atoms. The summed E-state index contributed by atoms with van der Waals surface area (Å²) in [5, 5.41) is 0. The Morgan fingerprint density at radius 2 is 1.17 bits per heavy atom. The number of unbranched alkanes of at least 4 members (excludes halogenated alkanes) is 4. The summed E-state index contributed by atoms with van der Waals surface area (Å²) in [5.41, 5.74) is 5.00. The molecule has 5 nitrogen and oxygen atoms in total. The molecule has 0 saturated carbocycles. The van der Waals surface area contributed by atoms with Gasteiger partial charge in [-0.1, -0.05) is 6.58 Å². The van der Waals surface area contributed by atoms with Crippen LogP contribution < -0.4 is 5.73 Å². The van der Waals surface area contributed by atoms with E-state index in [1.165, 1.54) is 51.4 Å². The maximum atomic E-state index is 10.4. The molecule has 0 heterocycles. The van der Waals surface area contributed by atoms with Crippen LogP contribution >= 0.6 is 7.26 Å². The minimum atomic E-state index is -3.94. The van der Waals surface area contributed by atoms with Gasteiger partial charge in [0.2, 0.25) is 5.91 Å². The van der Waals surface area contributed by atoms with Gasteiger partial charge in [0, 0.05) is 5.57 Å². The molecule has 0 aliphatic carbocycles. The Morgan fingerprint density at radius 3 is 1.41 bits per heavy atom. The Kier molecular flexibility index (Phi) is 19.4. The van der Waals surface area contributed by atoms with Gasteiger partial charge in [-0.15, -0.1) is 0 Å². The van der Waals surface area contributed by atoms with Crippen molar-refractivity contribution in [2.45, 2.75) is 91.9 Å². The Labute approximate surface area is 181 Å². The molecule has 1 amide bonds. The zero-order valence-corrected chi connectivity index (χ0v) is 21.3. The summed E-state index contributed by atoms with van der Waals surface area (Å²) < 4.78 is 28.7. The molecule has 3 N–H and O–H groups in total. The van der Waals surface area contributed by atoms with Gasteiger partial charge in [-0.25, -0.2) is 0 Å². The fourth-order valence-electron chi connectivity index (χ4n) is 3.55. The Morgan fingerprint density at radius 1 is 0.828 bits per heavy atom. The van der Waals surface area contributed by atoms with E-state index < -0.39 is 23.3 Å². The second-order valence-electron chi connectivity index (χ2n) is 8.27. The molecule has 0 unspecified atom stereocenters. The number of hydrogen-bond donors (Lipinski definition) is 2. The molecule has 0 radical (unpaired) electrons. The Hall–Kier alpha value is -0.450. The number of rotatable bonds is 17. The molecule has 0 aliphatic heterocycles. The third-order valence-electron chi connectivity index (χ3n) is 5.47. The van der Waals surface area contributed by atoms with Crippen molar-refractivity contribution in [1.29, 1.82) is 0 Å². The summed E-state index contributed by atoms with van der Waals surface area (Å²) in [6.45, 7) is 12.8. The molecule has 176 valence electrons. The first-order valence-electron chi connectivity index (χ1n) is 11.5. The van der Waals surface area contributed by atoms with Crippen molar-refractivity contribution < 1.29 is 17.8 Å². The van der Waals surface area contributed by atoms with E-state index in [1.807, 2.05) is 0 Å². The van der Waals surface area contributed by atoms with Crippen LogP contribution in [0.2, 0.25) is 0 Å². The average Bonchev–Trinajstić information content (AvgIpc) is 2.66. The predicted molar refractivity (Wildman–Crippen MR) is 131 cm³/mol. The van der Waals surface area contributed by atoms with Crippen molar-refractivity contribution in [2.24, 2.45) is 5.73 Å². The molecule has 0 aliphatic rings. The summed E-state index contributed by atoms with van der Waals surface area (Å²) in [6.07, 6.45) is 18.5. The van der Waals surface area contributed by atoms with Gasteiger partial charge in [0.15, 0.2) is 0 Å². The van der Waals surface area contributed by atoms with Crippen LogP contribution in [0.4, 0.5) is 0 Å². The van der Waals surface area contributed by atoms with Gasteiger partial charge in [-0.2, -0.15) is 8.42 Å². The fraction of sp³-hybridized carbons (Fsp3) is 0.864. The number of amides is 1. The van der Waals surface area contributed by atoms with Gasteiger partial charge >= 0.3 is 111 Å². The molecular weight excluding hydrogens is 405 g/mol. The van der Waals surface area contributed by atoms with Crippen molar-refractivity contribution in [2.75, 3.05) is 30.4 Å². The molecule has 0 aromatic carbocycles. The van der Waals surface area contributed by atoms with Crippen molar-refractivity contribution in [3.05, 3.63) is 12.2 Å². The molecule has 0 saturated heterocycles. The Bertz CT molecular complexity index is 497. The summed E-state index contributed by atoms with van der Waals surface area (Å²) in [7, 11) is -4.82. The van der Waals surface area contributed by atoms with Crippen LogP contribution in [0.1, 0.15) is 91.9 Å². The average molecular weight is 454 g/mol. The standard InChI is InChI=1S/C16H37P.C6H11NO4S/c1-5-9-13-17(14-10-6-2,15-11-7-3)16-12-8-4;1-5(6(7)8)3-2-4-12(9,10)11/h17H,5-16H2,1-4H3;1-4H2,(H2,7,8)(H,9,10,11). The van der Waals surface area contributed by atoms with E-state index in [4.69, 9.17) is 10.3 Å². The molecule has 0 atom stereocenters. The van der Waals surface area contributed by atoms with E-state index in [-0.39, 0.29) is 24.2 Å². The van der Waals surface area contributed by atoms with Crippen molar-refractivity contribution >= 4 is 23.3 Å². The van der Waals surface area contributed by atoms with Crippen LogP contribution in [0.3, 0.4) is 0 Å². The van der Waals surface area contributed by atoms with Crippen LogP contribution in [0.5, 0.6) is 0 Å². The van der Waals surface area contributed by atoms with Crippen LogP contribution in [0, 0.1) is 0 Å². The molecule has 7 heteroatoms. The SMILES string of the molecule is C=C(CCCS(=O)(=O)O)C(N)=O.CCCC[PH](CCCC)(CCCC)CCCC. The molecular formula is C22H48NO4PS. The van der Waals surface area contributed by atoms with Gasteiger partial charge < -0.3 is 5.73 Å². The molecule has 0 rings (SSSR count). The summed E-state index contributed by atoms with van der Waals surface area (Å²) >= 11 is 0. The quantitative estimate of drug-likeness (QED) is 0.169. The first kappa shape index (κ1) is 30.7. The zero-order valence-electron chi connectivity index (χ0n) is 19.5. The second-order valence-corrected chi connectivity index (χ2v) is 14.8. The third-order valence-corrected chi connectivity index (χ3v) is 11.9. The fourth-order valence-corrected chi connectivity index (χ4v) is 9.97. The van der Waals surface area contributed by atoms with Crippen LogP contribution in [-0.2, 0) is 14.9 Å². The number of carbonyl (C=O) groups excluding carboxylic acids is 1. The van der Waals surface area contributed by atoms with Gasteiger partial charge in [-0.3, -0.25) is 9.35 Å². The first-order chi connectivity index (χ1) is 13.6. The topological polar surface area (TPSA) is 97.5 Å². The molecule has 29 heavy (non-hydrogen) atoms. The summed E-state index contributed by atoms with van der Waals surface area (Å²) in [4.78, 5) is 10.4. The van der Waals surface area contributed by atoms with Crippen molar-refractivity contribution in [3.8, 4) is 0 Å². The second kappa shape index (κ2) is 18.3. The number of primary amides is 1. The molecule has 0 aromatic rings. The van der Waals surface area contributed by atoms with E-state index in [9.17, 15) is 13.2 Å². The van der Waals surface area contributed by atoms with Crippen LogP contribution in [0.25, 0.3) is 0 Å². The van der Waals surface area contributed by atoms with Crippen molar-refractivity contribution in [1.82, 2.24) is 0 Å². The number of hydrogen-bond acceptors (Lipinski definition) is 3. The summed E-state index contributed by atoms with van der Waals surface area (Å²) in [6, 6.07) is 0. The molecule has 0 fully saturated rings. The van der Waals surface area contributed by atoms with Gasteiger partial charge in [-0.05, 0) is 12.8 Å². The van der Waals surface area contributed by atoms with Gasteiger partial charge in [0.05, 0.1) is 5.75 Å². The minimum absolute atomic E-state index is 0.153. The number of carbonyl (C=O) groups is 1. The Balaban J connectivity index is 0. The van der Waals surface area contributed by atoms with Crippen molar-refractivity contribution in [3.63, 3.8) is 0 Å². The predicted octanol–water partition coefficient (Wildman–Crippen LogP) is 5.63. The van der Waals surface area contributed by atoms with E-state index in [2.05, 4.69) is 34.3 Å². The maximum absolute atomic E-state index is 10.4. The van der Waals surface area contributed by atoms with E-state index >= 15 is 0 Å². The van der Waals surface area contributed by atoms with Crippen LogP contribution in [0.15, 0.2) is 12.2 Å². The van der Waals surface area contributed by atoms with E-state index in [0.29, 0.717) is 0 Å². The van der Waals surface area contributed by atoms with Crippen LogP contribution in [-0.4, -0.2) is 49.3 Å². The van der Waals surface area contributed by atoms with Gasteiger partial charge in [0.1, 0.15) is 0 Å². The van der Waals surface area contributed by atoms with E-state index in [0.717, 1.165) is 0 Å². The molecule has 0 bridgehead atoms. The van der Waals surface area contributed by atoms with Gasteiger partial charge in [0.25, 0.3) is 10.1 Å². The summed E-state index contributed by atoms with van der Waals surface area (Å²) in [5.74, 6) is -1.02.